The Balaban J connectivity index is 1.38. The van der Waals surface area contributed by atoms with Crippen molar-refractivity contribution in [2.75, 3.05) is 11.9 Å². The van der Waals surface area contributed by atoms with E-state index in [1.807, 2.05) is 56.3 Å². The summed E-state index contributed by atoms with van der Waals surface area (Å²) in [5, 5.41) is 2.87. The molecule has 0 fully saturated rings. The molecule has 0 saturated carbocycles. The molecule has 0 unspecified atom stereocenters. The molecule has 40 heavy (non-hydrogen) atoms. The van der Waals surface area contributed by atoms with Gasteiger partial charge in [0.05, 0.1) is 10.5 Å². The van der Waals surface area contributed by atoms with Crippen LogP contribution in [0.25, 0.3) is 0 Å². The van der Waals surface area contributed by atoms with Crippen molar-refractivity contribution in [2.24, 2.45) is 0 Å². The molecule has 1 atom stereocenters. The quantitative estimate of drug-likeness (QED) is 0.301. The minimum atomic E-state index is -3.86. The van der Waals surface area contributed by atoms with Crippen molar-refractivity contribution in [3.8, 4) is 0 Å². The zero-order valence-electron chi connectivity index (χ0n) is 22.3. The van der Waals surface area contributed by atoms with Gasteiger partial charge < -0.3 is 10.1 Å². The first kappa shape index (κ1) is 27.3. The summed E-state index contributed by atoms with van der Waals surface area (Å²) in [7, 11) is -3.86. The maximum Gasteiger partial charge on any atom is 0.339 e. The Hall–Kier alpha value is -4.27. The molecule has 1 amide bonds. The van der Waals surface area contributed by atoms with E-state index in [0.29, 0.717) is 24.2 Å². The van der Waals surface area contributed by atoms with Crippen LogP contribution in [0, 0.1) is 13.8 Å². The summed E-state index contributed by atoms with van der Waals surface area (Å²) in [6, 6.07) is 28.0. The zero-order valence-corrected chi connectivity index (χ0v) is 23.1. The molecule has 0 saturated heterocycles. The summed E-state index contributed by atoms with van der Waals surface area (Å²) in [6.45, 7) is 4.42. The number of ether oxygens (including phenoxy) is 1. The molecule has 7 nitrogen and oxygen atoms in total. The van der Waals surface area contributed by atoms with E-state index in [0.717, 1.165) is 22.3 Å². The second-order valence-electron chi connectivity index (χ2n) is 9.89. The maximum atomic E-state index is 13.5. The van der Waals surface area contributed by atoms with Crippen LogP contribution in [0.15, 0.2) is 102 Å². The van der Waals surface area contributed by atoms with Crippen molar-refractivity contribution in [3.05, 3.63) is 130 Å². The molecule has 1 heterocycles. The molecule has 0 aromatic heterocycles. The Morgan fingerprint density at radius 1 is 0.850 bits per heavy atom. The third-order valence-corrected chi connectivity index (χ3v) is 8.86. The number of aryl methyl sites for hydroxylation is 2. The monoisotopic (exact) mass is 554 g/mol. The number of carbonyl (C=O) groups is 2. The van der Waals surface area contributed by atoms with E-state index in [2.05, 4.69) is 5.32 Å². The van der Waals surface area contributed by atoms with Crippen LogP contribution in [0.3, 0.4) is 0 Å². The highest BCUT2D eigenvalue weighted by molar-refractivity contribution is 7.89. The predicted molar refractivity (Wildman–Crippen MR) is 153 cm³/mol. The number of amides is 1. The number of hydrogen-bond donors (Lipinski definition) is 1. The topological polar surface area (TPSA) is 92.8 Å². The molecule has 1 N–H and O–H groups in total. The Morgan fingerprint density at radius 2 is 1.57 bits per heavy atom. The molecule has 0 spiro atoms. The number of nitrogens with zero attached hydrogens (tertiary/aromatic N) is 1. The van der Waals surface area contributed by atoms with E-state index >= 15 is 0 Å². The van der Waals surface area contributed by atoms with Gasteiger partial charge >= 0.3 is 5.97 Å². The largest absolute Gasteiger partial charge is 0.444 e. The number of carbonyl (C=O) groups excluding carboxylic acids is 2. The molecule has 0 radical (unpaired) electrons. The number of fused-ring (bicyclic) bond motifs is 1. The highest BCUT2D eigenvalue weighted by Gasteiger charge is 2.30. The second-order valence-corrected chi connectivity index (χ2v) is 11.8. The summed E-state index contributed by atoms with van der Waals surface area (Å²) in [4.78, 5) is 26.7. The molecular weight excluding hydrogens is 524 g/mol. The van der Waals surface area contributed by atoms with E-state index in [9.17, 15) is 18.0 Å². The predicted octanol–water partition coefficient (Wildman–Crippen LogP) is 5.59. The van der Waals surface area contributed by atoms with Gasteiger partial charge in [-0.3, -0.25) is 4.79 Å². The summed E-state index contributed by atoms with van der Waals surface area (Å²) < 4.78 is 34.1. The fraction of sp³-hybridized carbons (Fsp3) is 0.188. The Labute approximate surface area is 234 Å². The van der Waals surface area contributed by atoms with Crippen LogP contribution < -0.4 is 5.32 Å². The summed E-state index contributed by atoms with van der Waals surface area (Å²) >= 11 is 0. The van der Waals surface area contributed by atoms with Gasteiger partial charge in [-0.1, -0.05) is 72.8 Å². The van der Waals surface area contributed by atoms with Crippen molar-refractivity contribution in [2.45, 2.75) is 37.8 Å². The minimum absolute atomic E-state index is 0.00238. The lowest BCUT2D eigenvalue weighted by atomic mass is 10.0. The molecule has 1 aliphatic heterocycles. The fourth-order valence-corrected chi connectivity index (χ4v) is 6.22. The van der Waals surface area contributed by atoms with Crippen molar-refractivity contribution in [1.29, 1.82) is 0 Å². The molecule has 204 valence electrons. The van der Waals surface area contributed by atoms with Gasteiger partial charge in [0.15, 0.2) is 0 Å². The lowest BCUT2D eigenvalue weighted by Crippen LogP contribution is -2.36. The van der Waals surface area contributed by atoms with Gasteiger partial charge in [0.25, 0.3) is 5.91 Å². The molecular formula is C32H30N2O5S. The first-order valence-corrected chi connectivity index (χ1v) is 14.5. The number of rotatable bonds is 7. The van der Waals surface area contributed by atoms with Crippen LogP contribution in [-0.4, -0.2) is 31.1 Å². The maximum absolute atomic E-state index is 13.5. The van der Waals surface area contributed by atoms with E-state index in [1.165, 1.54) is 28.6 Å². The third-order valence-electron chi connectivity index (χ3n) is 7.02. The number of nitrogens with one attached hydrogen (secondary N) is 1. The Morgan fingerprint density at radius 3 is 2.35 bits per heavy atom. The number of anilines is 1. The lowest BCUT2D eigenvalue weighted by molar-refractivity contribution is -0.125. The van der Waals surface area contributed by atoms with Crippen molar-refractivity contribution in [3.63, 3.8) is 0 Å². The normalized spacial score (nSPS) is 14.2. The van der Waals surface area contributed by atoms with Gasteiger partial charge in [-0.05, 0) is 66.8 Å². The number of esters is 1. The lowest BCUT2D eigenvalue weighted by Gasteiger charge is -2.28. The van der Waals surface area contributed by atoms with Crippen LogP contribution >= 0.6 is 0 Å². The van der Waals surface area contributed by atoms with Crippen LogP contribution in [0.2, 0.25) is 0 Å². The minimum Gasteiger partial charge on any atom is -0.444 e. The highest BCUT2D eigenvalue weighted by atomic mass is 32.2. The summed E-state index contributed by atoms with van der Waals surface area (Å²) in [5.41, 5.74) is 5.11. The van der Waals surface area contributed by atoms with Crippen molar-refractivity contribution < 1.29 is 22.7 Å². The first-order valence-electron chi connectivity index (χ1n) is 13.0. The van der Waals surface area contributed by atoms with Crippen LogP contribution in [-0.2, 0) is 32.5 Å². The van der Waals surface area contributed by atoms with Crippen LogP contribution in [0.5, 0.6) is 0 Å². The Kier molecular flexibility index (Phi) is 7.82. The average molecular weight is 555 g/mol. The van der Waals surface area contributed by atoms with E-state index in [-0.39, 0.29) is 17.0 Å². The molecule has 4 aromatic carbocycles. The molecule has 4 aromatic rings. The van der Waals surface area contributed by atoms with Crippen LogP contribution in [0.1, 0.15) is 44.3 Å². The molecule has 1 aliphatic rings. The van der Waals surface area contributed by atoms with E-state index in [4.69, 9.17) is 4.74 Å². The molecule has 8 heteroatoms. The van der Waals surface area contributed by atoms with Gasteiger partial charge in [-0.15, -0.1) is 0 Å². The SMILES string of the molecule is Cc1ccc(C)c(NC(=O)[C@H](OC(=O)c2cccc(S(=O)(=O)N3CCc4ccccc4C3)c2)c2ccccc2)c1. The first-order chi connectivity index (χ1) is 19.2. The van der Waals surface area contributed by atoms with Crippen LogP contribution in [0.4, 0.5) is 5.69 Å². The summed E-state index contributed by atoms with van der Waals surface area (Å²) in [5.74, 6) is -1.31. The highest BCUT2D eigenvalue weighted by Crippen LogP contribution is 2.27. The molecule has 0 aliphatic carbocycles. The fourth-order valence-electron chi connectivity index (χ4n) is 4.75. The standard InChI is InChI=1S/C32H30N2O5S/c1-22-15-16-23(2)29(19-22)33-31(35)30(25-10-4-3-5-11-25)39-32(36)26-13-8-14-28(20-26)40(37,38)34-18-17-24-9-6-7-12-27(24)21-34/h3-16,19-20,30H,17-18,21H2,1-2H3,(H,33,35)/t30-/m1/s1. The Bertz CT molecular complexity index is 1670. The summed E-state index contributed by atoms with van der Waals surface area (Å²) in [6.07, 6.45) is -0.627. The van der Waals surface area contributed by atoms with Gasteiger partial charge in [0.1, 0.15) is 0 Å². The third kappa shape index (κ3) is 5.83. The zero-order chi connectivity index (χ0) is 28.3. The number of sulfonamides is 1. The average Bonchev–Trinajstić information content (AvgIpc) is 2.97. The van der Waals surface area contributed by atoms with Crippen molar-refractivity contribution >= 4 is 27.6 Å². The van der Waals surface area contributed by atoms with Gasteiger partial charge in [0.2, 0.25) is 16.1 Å². The van der Waals surface area contributed by atoms with Gasteiger partial charge in [-0.2, -0.15) is 4.31 Å². The van der Waals surface area contributed by atoms with Gasteiger partial charge in [-0.25, -0.2) is 13.2 Å². The van der Waals surface area contributed by atoms with Crippen molar-refractivity contribution in [1.82, 2.24) is 4.31 Å². The molecule has 0 bridgehead atoms. The molecule has 5 rings (SSSR count). The van der Waals surface area contributed by atoms with E-state index in [1.54, 1.807) is 30.3 Å². The second kappa shape index (κ2) is 11.5. The van der Waals surface area contributed by atoms with Gasteiger partial charge in [0, 0.05) is 24.3 Å². The number of benzene rings is 4. The van der Waals surface area contributed by atoms with E-state index < -0.39 is 28.0 Å². The number of hydrogen-bond acceptors (Lipinski definition) is 5. The smallest absolute Gasteiger partial charge is 0.339 e.